The molecule has 0 amide bonds. The highest BCUT2D eigenvalue weighted by Crippen LogP contribution is 2.61. The van der Waals surface area contributed by atoms with Crippen LogP contribution in [-0.2, 0) is 9.53 Å². The number of aliphatic hydroxyl groups is 3. The van der Waals surface area contributed by atoms with Crippen molar-refractivity contribution < 1.29 is 29.2 Å². The minimum atomic E-state index is -1.62. The van der Waals surface area contributed by atoms with E-state index in [0.29, 0.717) is 25.2 Å². The second kappa shape index (κ2) is 10.9. The largest absolute Gasteiger partial charge is 0.465 e. The van der Waals surface area contributed by atoms with Crippen molar-refractivity contribution in [1.82, 2.24) is 0 Å². The van der Waals surface area contributed by atoms with E-state index in [1.54, 1.807) is 27.7 Å². The Kier molecular flexibility index (Phi) is 8.71. The van der Waals surface area contributed by atoms with Gasteiger partial charge in [-0.15, -0.1) is 0 Å². The topological polar surface area (TPSA) is 87.0 Å². The van der Waals surface area contributed by atoms with Crippen LogP contribution in [0.15, 0.2) is 35.5 Å². The highest BCUT2D eigenvalue weighted by molar-refractivity contribution is 5.77. The molecule has 3 fully saturated rings. The molecule has 0 saturated heterocycles. The van der Waals surface area contributed by atoms with Crippen molar-refractivity contribution in [2.75, 3.05) is 6.61 Å². The molecule has 7 atom stereocenters. The van der Waals surface area contributed by atoms with E-state index in [2.05, 4.69) is 19.1 Å². The molecule has 0 aromatic carbocycles. The van der Waals surface area contributed by atoms with Crippen LogP contribution in [-0.4, -0.2) is 51.9 Å². The zero-order valence-corrected chi connectivity index (χ0v) is 22.1. The standard InChI is InChI=1S/C29H45FO5/c1-6-35-26(34)27(2,3)25(33)13-15-29(5,30)24-12-11-23-20(8-7-14-28(23,24)4)10-9-19-16-21(31)18-22(32)17-19/h9-10,13,15,21-25,31-33H,6-8,11-12,14,16-18H2,1-5H3/t21-,22-,23+,24+,25+,28+,29-/m1/s1. The smallest absolute Gasteiger partial charge is 0.314 e. The molecule has 3 aliphatic rings. The molecule has 3 aliphatic carbocycles. The number of halogens is 1. The molecular formula is C29H45FO5. The van der Waals surface area contributed by atoms with Crippen LogP contribution in [0.1, 0.15) is 86.0 Å². The van der Waals surface area contributed by atoms with Crippen molar-refractivity contribution in [3.8, 4) is 0 Å². The summed E-state index contributed by atoms with van der Waals surface area (Å²) in [5, 5.41) is 30.6. The number of hydrogen-bond acceptors (Lipinski definition) is 5. The summed E-state index contributed by atoms with van der Waals surface area (Å²) in [6, 6.07) is 0. The molecule has 0 radical (unpaired) electrons. The minimum Gasteiger partial charge on any atom is -0.465 e. The van der Waals surface area contributed by atoms with E-state index < -0.39 is 35.4 Å². The first-order chi connectivity index (χ1) is 16.3. The van der Waals surface area contributed by atoms with Crippen molar-refractivity contribution in [1.29, 1.82) is 0 Å². The van der Waals surface area contributed by atoms with Crippen LogP contribution in [0.4, 0.5) is 4.39 Å². The Hall–Kier alpha value is -1.50. The lowest BCUT2D eigenvalue weighted by atomic mass is 9.60. The molecule has 3 rings (SSSR count). The number of allylic oxidation sites excluding steroid dienone is 4. The van der Waals surface area contributed by atoms with E-state index in [4.69, 9.17) is 4.74 Å². The minimum absolute atomic E-state index is 0.191. The number of alkyl halides is 1. The third-order valence-corrected chi connectivity index (χ3v) is 8.86. The van der Waals surface area contributed by atoms with Crippen molar-refractivity contribution in [2.45, 2.75) is 110 Å². The SMILES string of the molecule is CCOC(=O)C(C)(C)[C@@H](O)C=C[C@@](C)(F)[C@H]1CC[C@H]2C(=CC=C3C[C@@H](O)C[C@H](O)C3)CCC[C@@]21C. The Bertz CT molecular complexity index is 845. The number of aliphatic hydroxyl groups excluding tert-OH is 3. The van der Waals surface area contributed by atoms with Gasteiger partial charge in [-0.3, -0.25) is 4.79 Å². The van der Waals surface area contributed by atoms with Gasteiger partial charge in [-0.1, -0.05) is 36.3 Å². The normalized spacial score (nSPS) is 35.6. The molecule has 0 aromatic heterocycles. The molecule has 35 heavy (non-hydrogen) atoms. The van der Waals surface area contributed by atoms with Gasteiger partial charge in [0.05, 0.1) is 30.3 Å². The molecule has 0 heterocycles. The summed E-state index contributed by atoms with van der Waals surface area (Å²) in [6.07, 6.45) is 11.3. The number of ether oxygens (including phenoxy) is 1. The van der Waals surface area contributed by atoms with Gasteiger partial charge in [0.15, 0.2) is 0 Å². The van der Waals surface area contributed by atoms with Gasteiger partial charge in [-0.2, -0.15) is 0 Å². The predicted octanol–water partition coefficient (Wildman–Crippen LogP) is 5.20. The zero-order chi connectivity index (χ0) is 26.0. The molecule has 0 unspecified atom stereocenters. The number of fused-ring (bicyclic) bond motifs is 1. The van der Waals surface area contributed by atoms with E-state index in [1.165, 1.54) is 17.7 Å². The van der Waals surface area contributed by atoms with Gasteiger partial charge in [0.1, 0.15) is 5.67 Å². The van der Waals surface area contributed by atoms with Gasteiger partial charge < -0.3 is 20.1 Å². The summed E-state index contributed by atoms with van der Waals surface area (Å²) in [5.74, 6) is -0.399. The van der Waals surface area contributed by atoms with Crippen LogP contribution in [0, 0.1) is 22.7 Å². The third-order valence-electron chi connectivity index (χ3n) is 8.86. The van der Waals surface area contributed by atoms with E-state index in [9.17, 15) is 20.1 Å². The number of carbonyl (C=O) groups is 1. The quantitative estimate of drug-likeness (QED) is 0.336. The van der Waals surface area contributed by atoms with Gasteiger partial charge in [-0.05, 0) is 96.5 Å². The van der Waals surface area contributed by atoms with E-state index in [-0.39, 0.29) is 17.9 Å². The molecule has 0 aromatic rings. The van der Waals surface area contributed by atoms with E-state index in [0.717, 1.165) is 37.7 Å². The second-order valence-electron chi connectivity index (χ2n) is 12.0. The van der Waals surface area contributed by atoms with Crippen molar-refractivity contribution in [3.05, 3.63) is 35.5 Å². The van der Waals surface area contributed by atoms with Gasteiger partial charge >= 0.3 is 5.97 Å². The predicted molar refractivity (Wildman–Crippen MR) is 135 cm³/mol. The third kappa shape index (κ3) is 6.08. The van der Waals surface area contributed by atoms with Crippen molar-refractivity contribution in [3.63, 3.8) is 0 Å². The van der Waals surface area contributed by atoms with Gasteiger partial charge in [0, 0.05) is 5.92 Å². The van der Waals surface area contributed by atoms with E-state index in [1.807, 2.05) is 0 Å². The summed E-state index contributed by atoms with van der Waals surface area (Å²) in [6.45, 7) is 8.97. The first-order valence-corrected chi connectivity index (χ1v) is 13.3. The Morgan fingerprint density at radius 3 is 2.49 bits per heavy atom. The molecule has 0 aliphatic heterocycles. The highest BCUT2D eigenvalue weighted by atomic mass is 19.1. The van der Waals surface area contributed by atoms with Crippen LogP contribution in [0.2, 0.25) is 0 Å². The fourth-order valence-corrected chi connectivity index (χ4v) is 6.77. The van der Waals surface area contributed by atoms with Crippen molar-refractivity contribution in [2.24, 2.45) is 22.7 Å². The summed E-state index contributed by atoms with van der Waals surface area (Å²) in [7, 11) is 0. The monoisotopic (exact) mass is 492 g/mol. The van der Waals surface area contributed by atoms with Crippen LogP contribution in [0.5, 0.6) is 0 Å². The number of rotatable bonds is 7. The maximum Gasteiger partial charge on any atom is 0.314 e. The molecule has 3 N–H and O–H groups in total. The summed E-state index contributed by atoms with van der Waals surface area (Å²) in [4.78, 5) is 12.2. The second-order valence-corrected chi connectivity index (χ2v) is 12.0. The Labute approximate surface area is 210 Å². The average molecular weight is 493 g/mol. The molecule has 5 nitrogen and oxygen atoms in total. The Balaban J connectivity index is 1.76. The summed E-state index contributed by atoms with van der Waals surface area (Å²) in [5.41, 5.74) is -0.551. The summed E-state index contributed by atoms with van der Waals surface area (Å²) < 4.78 is 21.3. The van der Waals surface area contributed by atoms with Gasteiger partial charge in [-0.25, -0.2) is 4.39 Å². The van der Waals surface area contributed by atoms with Crippen molar-refractivity contribution >= 4 is 5.97 Å². The Morgan fingerprint density at radius 2 is 1.86 bits per heavy atom. The fraction of sp³-hybridized carbons (Fsp3) is 0.759. The average Bonchev–Trinajstić information content (AvgIpc) is 3.14. The molecule has 198 valence electrons. The lowest BCUT2D eigenvalue weighted by Crippen LogP contribution is -2.42. The van der Waals surface area contributed by atoms with Crippen LogP contribution < -0.4 is 0 Å². The molecule has 0 bridgehead atoms. The van der Waals surface area contributed by atoms with E-state index >= 15 is 4.39 Å². The number of carbonyl (C=O) groups excluding carboxylic acids is 1. The van der Waals surface area contributed by atoms with Gasteiger partial charge in [0.25, 0.3) is 0 Å². The maximum atomic E-state index is 16.2. The number of esters is 1. The first-order valence-electron chi connectivity index (χ1n) is 13.3. The molecule has 6 heteroatoms. The highest BCUT2D eigenvalue weighted by Gasteiger charge is 2.55. The fourth-order valence-electron chi connectivity index (χ4n) is 6.77. The molecular weight excluding hydrogens is 447 g/mol. The summed E-state index contributed by atoms with van der Waals surface area (Å²) >= 11 is 0. The number of hydrogen-bond donors (Lipinski definition) is 3. The molecule has 3 saturated carbocycles. The van der Waals surface area contributed by atoms with Crippen LogP contribution in [0.25, 0.3) is 0 Å². The lowest BCUT2D eigenvalue weighted by molar-refractivity contribution is -0.158. The van der Waals surface area contributed by atoms with Crippen LogP contribution >= 0.6 is 0 Å². The first kappa shape index (κ1) is 28.1. The Morgan fingerprint density at radius 1 is 1.20 bits per heavy atom. The van der Waals surface area contributed by atoms with Crippen LogP contribution in [0.3, 0.4) is 0 Å². The van der Waals surface area contributed by atoms with Gasteiger partial charge in [0.2, 0.25) is 0 Å². The maximum absolute atomic E-state index is 16.2. The lowest BCUT2D eigenvalue weighted by Gasteiger charge is -2.45. The zero-order valence-electron chi connectivity index (χ0n) is 22.1. The molecule has 0 spiro atoms.